The zero-order valence-electron chi connectivity index (χ0n) is 18.7. The molecule has 4 rings (SSSR count). The van der Waals surface area contributed by atoms with E-state index in [9.17, 15) is 4.79 Å². The fourth-order valence-corrected chi connectivity index (χ4v) is 5.59. The van der Waals surface area contributed by atoms with Gasteiger partial charge in [-0.1, -0.05) is 41.4 Å². The van der Waals surface area contributed by atoms with Crippen LogP contribution in [0.1, 0.15) is 45.7 Å². The van der Waals surface area contributed by atoms with Gasteiger partial charge in [0.15, 0.2) is 5.17 Å². The lowest BCUT2D eigenvalue weighted by atomic mass is 9.87. The minimum atomic E-state index is -0.179. The number of rotatable bonds is 3. The summed E-state index contributed by atoms with van der Waals surface area (Å²) in [6.07, 6.45) is 4.21. The summed E-state index contributed by atoms with van der Waals surface area (Å²) < 4.78 is 0. The van der Waals surface area contributed by atoms with Crippen LogP contribution in [0, 0.1) is 0 Å². The summed E-state index contributed by atoms with van der Waals surface area (Å²) >= 11 is 13.6. The van der Waals surface area contributed by atoms with Gasteiger partial charge in [0, 0.05) is 17.3 Å². The maximum atomic E-state index is 12.6. The lowest BCUT2D eigenvalue weighted by Crippen LogP contribution is -2.49. The van der Waals surface area contributed by atoms with E-state index in [4.69, 9.17) is 23.2 Å². The molecule has 1 N–H and O–H groups in total. The van der Waals surface area contributed by atoms with E-state index in [0.717, 1.165) is 5.56 Å². The van der Waals surface area contributed by atoms with Crippen LogP contribution >= 0.6 is 35.0 Å². The number of carbonyl (C=O) groups is 1. The Labute approximate surface area is 203 Å². The number of allylic oxidation sites excluding steroid dienone is 1. The number of amidine groups is 1. The van der Waals surface area contributed by atoms with Crippen molar-refractivity contribution in [2.75, 3.05) is 4.90 Å². The maximum Gasteiger partial charge on any atom is 0.264 e. The predicted octanol–water partition coefficient (Wildman–Crippen LogP) is 7.30. The molecule has 2 aromatic rings. The zero-order chi connectivity index (χ0) is 23.2. The van der Waals surface area contributed by atoms with Crippen molar-refractivity contribution >= 4 is 69.1 Å². The molecule has 0 aliphatic carbocycles. The van der Waals surface area contributed by atoms with Crippen LogP contribution in [0.5, 0.6) is 0 Å². The van der Waals surface area contributed by atoms with Crippen molar-refractivity contribution in [3.63, 3.8) is 0 Å². The van der Waals surface area contributed by atoms with Crippen LogP contribution in [0.3, 0.4) is 0 Å². The first-order chi connectivity index (χ1) is 15.1. The van der Waals surface area contributed by atoms with Crippen molar-refractivity contribution in [2.45, 2.75) is 46.2 Å². The number of thioether (sulfide) groups is 1. The first-order valence-electron chi connectivity index (χ1n) is 10.4. The first-order valence-corrected chi connectivity index (χ1v) is 12.0. The fraction of sp³-hybridized carbons (Fsp3) is 0.280. The molecule has 4 nitrogen and oxygen atoms in total. The molecule has 1 fully saturated rings. The molecule has 0 radical (unpaired) electrons. The average Bonchev–Trinajstić information content (AvgIpc) is 3.04. The highest BCUT2D eigenvalue weighted by molar-refractivity contribution is 8.18. The fourth-order valence-electron chi connectivity index (χ4n) is 4.42. The summed E-state index contributed by atoms with van der Waals surface area (Å²) in [5, 5.41) is 4.08. The van der Waals surface area contributed by atoms with Crippen molar-refractivity contribution in [3.8, 4) is 0 Å². The topological polar surface area (TPSA) is 44.7 Å². The van der Waals surface area contributed by atoms with Crippen molar-refractivity contribution in [1.82, 2.24) is 5.32 Å². The monoisotopic (exact) mass is 485 g/mol. The smallest absolute Gasteiger partial charge is 0.264 e. The molecular weight excluding hydrogens is 461 g/mol. The van der Waals surface area contributed by atoms with Gasteiger partial charge in [-0.05, 0) is 87.9 Å². The minimum absolute atomic E-state index is 0.0562. The number of amides is 1. The highest BCUT2D eigenvalue weighted by atomic mass is 35.5. The van der Waals surface area contributed by atoms with Gasteiger partial charge in [-0.2, -0.15) is 0 Å². The van der Waals surface area contributed by atoms with E-state index in [1.54, 1.807) is 18.2 Å². The second kappa shape index (κ2) is 8.62. The van der Waals surface area contributed by atoms with Gasteiger partial charge in [0.1, 0.15) is 0 Å². The van der Waals surface area contributed by atoms with Crippen LogP contribution in [-0.4, -0.2) is 22.7 Å². The molecule has 0 spiro atoms. The van der Waals surface area contributed by atoms with Crippen molar-refractivity contribution < 1.29 is 4.79 Å². The molecule has 1 amide bonds. The molecule has 0 unspecified atom stereocenters. The summed E-state index contributed by atoms with van der Waals surface area (Å²) in [5.74, 6) is -0.179. The van der Waals surface area contributed by atoms with Gasteiger partial charge in [-0.3, -0.25) is 4.79 Å². The van der Waals surface area contributed by atoms with Gasteiger partial charge < -0.3 is 10.2 Å². The molecule has 2 aromatic carbocycles. The van der Waals surface area contributed by atoms with Crippen LogP contribution in [0.15, 0.2) is 52.4 Å². The molecule has 32 heavy (non-hydrogen) atoms. The highest BCUT2D eigenvalue weighted by Crippen LogP contribution is 2.41. The number of hydrogen-bond donors (Lipinski definition) is 1. The molecule has 2 heterocycles. The van der Waals surface area contributed by atoms with E-state index in [0.29, 0.717) is 31.8 Å². The largest absolute Gasteiger partial charge is 0.360 e. The SMILES string of the molecule is CC1=CC(C)(C)N(C(C)C)c2ccc(/C=C3\SC(=Nc4cccc(Cl)c4Cl)NC3=O)cc21. The Morgan fingerprint density at radius 3 is 2.66 bits per heavy atom. The third-order valence-corrected chi connectivity index (χ3v) is 7.23. The van der Waals surface area contributed by atoms with Gasteiger partial charge in [-0.25, -0.2) is 4.99 Å². The molecule has 166 valence electrons. The summed E-state index contributed by atoms with van der Waals surface area (Å²) in [7, 11) is 0. The third kappa shape index (κ3) is 4.34. The number of halogens is 2. The standard InChI is InChI=1S/C25H25Cl2N3OS/c1-14(2)30-20-10-9-16(11-17(20)15(3)13-25(30,4)5)12-21-23(31)29-24(32-21)28-19-8-6-7-18(26)22(19)27/h6-14H,1-5H3,(H,28,29,31)/b21-12-. The predicted molar refractivity (Wildman–Crippen MR) is 139 cm³/mol. The van der Waals surface area contributed by atoms with Crippen molar-refractivity contribution in [2.24, 2.45) is 4.99 Å². The Bertz CT molecular complexity index is 1200. The molecular formula is C25H25Cl2N3OS. The summed E-state index contributed by atoms with van der Waals surface area (Å²) in [4.78, 5) is 20.0. The van der Waals surface area contributed by atoms with Crippen molar-refractivity contribution in [3.05, 3.63) is 68.6 Å². The Hall–Kier alpha value is -2.21. The number of hydrogen-bond acceptors (Lipinski definition) is 4. The van der Waals surface area contributed by atoms with E-state index < -0.39 is 0 Å². The summed E-state index contributed by atoms with van der Waals surface area (Å²) in [6.45, 7) is 11.0. The highest BCUT2D eigenvalue weighted by Gasteiger charge is 2.33. The van der Waals surface area contributed by atoms with Crippen LogP contribution in [0.25, 0.3) is 11.6 Å². The number of aliphatic imine (C=N–C) groups is 1. The maximum absolute atomic E-state index is 12.6. The Balaban J connectivity index is 1.65. The van der Waals surface area contributed by atoms with Crippen LogP contribution in [0.2, 0.25) is 10.0 Å². The number of fused-ring (bicyclic) bond motifs is 1. The molecule has 1 saturated heterocycles. The van der Waals surface area contributed by atoms with Crippen LogP contribution in [0.4, 0.5) is 11.4 Å². The summed E-state index contributed by atoms with van der Waals surface area (Å²) in [5.41, 5.74) is 5.08. The van der Waals surface area contributed by atoms with E-state index in [1.165, 1.54) is 28.6 Å². The van der Waals surface area contributed by atoms with Gasteiger partial charge in [0.05, 0.1) is 26.2 Å². The summed E-state index contributed by atoms with van der Waals surface area (Å²) in [6, 6.07) is 12.0. The molecule has 2 aliphatic heterocycles. The molecule has 0 atom stereocenters. The van der Waals surface area contributed by atoms with E-state index >= 15 is 0 Å². The normalized spacial score (nSPS) is 20.1. The number of nitrogens with one attached hydrogen (secondary N) is 1. The lowest BCUT2D eigenvalue weighted by molar-refractivity contribution is -0.115. The van der Waals surface area contributed by atoms with Gasteiger partial charge in [0.25, 0.3) is 5.91 Å². The third-order valence-electron chi connectivity index (χ3n) is 5.51. The van der Waals surface area contributed by atoms with Crippen LogP contribution < -0.4 is 10.2 Å². The number of carbonyl (C=O) groups excluding carboxylic acids is 1. The Kier molecular flexibility index (Phi) is 6.19. The number of nitrogens with zero attached hydrogens (tertiary/aromatic N) is 2. The molecule has 0 bridgehead atoms. The molecule has 2 aliphatic rings. The molecule has 0 aromatic heterocycles. The Morgan fingerprint density at radius 2 is 1.94 bits per heavy atom. The first kappa shape index (κ1) is 23.0. The lowest BCUT2D eigenvalue weighted by Gasteiger charge is -2.46. The second-order valence-electron chi connectivity index (χ2n) is 8.78. The quantitative estimate of drug-likeness (QED) is 0.463. The van der Waals surface area contributed by atoms with E-state index in [2.05, 4.69) is 74.1 Å². The van der Waals surface area contributed by atoms with Gasteiger partial charge >= 0.3 is 0 Å². The van der Waals surface area contributed by atoms with Gasteiger partial charge in [-0.15, -0.1) is 0 Å². The molecule has 7 heteroatoms. The van der Waals surface area contributed by atoms with E-state index in [-0.39, 0.29) is 11.4 Å². The van der Waals surface area contributed by atoms with Gasteiger partial charge in [0.2, 0.25) is 0 Å². The molecule has 0 saturated carbocycles. The number of benzene rings is 2. The zero-order valence-corrected chi connectivity index (χ0v) is 21.0. The van der Waals surface area contributed by atoms with Crippen LogP contribution in [-0.2, 0) is 4.79 Å². The Morgan fingerprint density at radius 1 is 1.19 bits per heavy atom. The average molecular weight is 486 g/mol. The minimum Gasteiger partial charge on any atom is -0.360 e. The van der Waals surface area contributed by atoms with E-state index in [1.807, 2.05) is 6.08 Å². The van der Waals surface area contributed by atoms with Crippen molar-refractivity contribution in [1.29, 1.82) is 0 Å². The number of anilines is 1. The second-order valence-corrected chi connectivity index (χ2v) is 10.6.